The van der Waals surface area contributed by atoms with Gasteiger partial charge in [0.25, 0.3) is 0 Å². The van der Waals surface area contributed by atoms with Crippen molar-refractivity contribution < 1.29 is 0 Å². The minimum atomic E-state index is 0.500. The average Bonchev–Trinajstić information content (AvgIpc) is 3.05. The average molecular weight is 270 g/mol. The topological polar surface area (TPSA) is 56.7 Å². The molecule has 5 heteroatoms. The van der Waals surface area contributed by atoms with Crippen LogP contribution in [0.2, 0.25) is 0 Å². The van der Waals surface area contributed by atoms with Gasteiger partial charge in [0.15, 0.2) is 0 Å². The van der Waals surface area contributed by atoms with E-state index in [1.165, 1.54) is 0 Å². The number of benzene rings is 1. The second-order valence-corrected chi connectivity index (χ2v) is 5.33. The van der Waals surface area contributed by atoms with Crippen LogP contribution >= 0.6 is 11.3 Å². The molecule has 0 aliphatic carbocycles. The zero-order valence-electron chi connectivity index (χ0n) is 10.6. The predicted molar refractivity (Wildman–Crippen MR) is 77.6 cm³/mol. The molecule has 0 aliphatic heterocycles. The van der Waals surface area contributed by atoms with Crippen molar-refractivity contribution in [2.75, 3.05) is 0 Å². The van der Waals surface area contributed by atoms with Crippen molar-refractivity contribution in [2.24, 2.45) is 12.8 Å². The molecule has 1 aromatic carbocycles. The quantitative estimate of drug-likeness (QED) is 0.796. The summed E-state index contributed by atoms with van der Waals surface area (Å²) in [5, 5.41) is 0.958. The van der Waals surface area contributed by atoms with Crippen molar-refractivity contribution in [1.29, 1.82) is 0 Å². The Kier molecular flexibility index (Phi) is 3.15. The molecule has 0 saturated carbocycles. The van der Waals surface area contributed by atoms with Gasteiger partial charge < -0.3 is 10.3 Å². The van der Waals surface area contributed by atoms with E-state index in [0.717, 1.165) is 26.8 Å². The number of hydrogen-bond acceptors (Lipinski definition) is 4. The largest absolute Gasteiger partial charge is 0.332 e. The van der Waals surface area contributed by atoms with Crippen LogP contribution in [-0.2, 0) is 13.6 Å². The Balaban J connectivity index is 2.12. The fourth-order valence-corrected chi connectivity index (χ4v) is 3.00. The molecule has 0 amide bonds. The van der Waals surface area contributed by atoms with Crippen LogP contribution in [0.4, 0.5) is 0 Å². The molecule has 0 fully saturated rings. The van der Waals surface area contributed by atoms with E-state index in [9.17, 15) is 0 Å². The Bertz CT molecular complexity index is 685. The number of nitrogens with two attached hydrogens (primary N) is 1. The lowest BCUT2D eigenvalue weighted by Crippen LogP contribution is -1.95. The zero-order valence-corrected chi connectivity index (χ0v) is 11.4. The summed E-state index contributed by atoms with van der Waals surface area (Å²) in [4.78, 5) is 9.97. The fourth-order valence-electron chi connectivity index (χ4n) is 1.98. The Hall–Kier alpha value is -1.98. The highest BCUT2D eigenvalue weighted by Gasteiger charge is 2.14. The lowest BCUT2D eigenvalue weighted by Gasteiger charge is -1.98. The summed E-state index contributed by atoms with van der Waals surface area (Å²) in [6, 6.07) is 10.1. The maximum atomic E-state index is 5.84. The van der Waals surface area contributed by atoms with Crippen LogP contribution < -0.4 is 5.73 Å². The van der Waals surface area contributed by atoms with Gasteiger partial charge >= 0.3 is 0 Å². The third-order valence-electron chi connectivity index (χ3n) is 2.97. The summed E-state index contributed by atoms with van der Waals surface area (Å²) in [7, 11) is 1.97. The van der Waals surface area contributed by atoms with Gasteiger partial charge in [-0.2, -0.15) is 0 Å². The van der Waals surface area contributed by atoms with Gasteiger partial charge in [-0.05, 0) is 0 Å². The Labute approximate surface area is 115 Å². The highest BCUT2D eigenvalue weighted by atomic mass is 32.1. The highest BCUT2D eigenvalue weighted by Crippen LogP contribution is 2.33. The smallest absolute Gasteiger partial charge is 0.142 e. The molecular weight excluding hydrogens is 256 g/mol. The molecule has 0 atom stereocenters. The number of thiazole rings is 1. The van der Waals surface area contributed by atoms with Crippen LogP contribution in [0.15, 0.2) is 42.9 Å². The van der Waals surface area contributed by atoms with Crippen molar-refractivity contribution in [3.05, 3.63) is 47.7 Å². The summed E-state index contributed by atoms with van der Waals surface area (Å²) < 4.78 is 1.97. The van der Waals surface area contributed by atoms with E-state index in [1.807, 2.05) is 36.0 Å². The Morgan fingerprint density at radius 1 is 1.26 bits per heavy atom. The van der Waals surface area contributed by atoms with Crippen molar-refractivity contribution in [2.45, 2.75) is 6.54 Å². The first kappa shape index (κ1) is 12.1. The summed E-state index contributed by atoms with van der Waals surface area (Å²) in [6.45, 7) is 0.500. The van der Waals surface area contributed by atoms with E-state index < -0.39 is 0 Å². The molecule has 0 spiro atoms. The Morgan fingerprint density at radius 2 is 2.05 bits per heavy atom. The molecule has 0 bridgehead atoms. The highest BCUT2D eigenvalue weighted by molar-refractivity contribution is 7.15. The molecule has 2 N–H and O–H groups in total. The van der Waals surface area contributed by atoms with E-state index in [2.05, 4.69) is 17.1 Å². The number of aromatic nitrogens is 3. The normalized spacial score (nSPS) is 10.8. The van der Waals surface area contributed by atoms with E-state index in [0.29, 0.717) is 6.54 Å². The van der Waals surface area contributed by atoms with Crippen LogP contribution in [0.25, 0.3) is 22.0 Å². The predicted octanol–water partition coefficient (Wildman–Crippen LogP) is 2.67. The maximum absolute atomic E-state index is 5.84. The van der Waals surface area contributed by atoms with E-state index in [4.69, 9.17) is 10.7 Å². The van der Waals surface area contributed by atoms with E-state index in [-0.39, 0.29) is 0 Å². The van der Waals surface area contributed by atoms with E-state index >= 15 is 0 Å². The SMILES string of the molecule is Cn1cncc1-c1nc(-c2ccccc2)c(CN)s1. The number of hydrogen-bond donors (Lipinski definition) is 1. The zero-order chi connectivity index (χ0) is 13.2. The molecule has 3 aromatic rings. The molecule has 2 heterocycles. The van der Waals surface area contributed by atoms with Crippen LogP contribution in [0.3, 0.4) is 0 Å². The second-order valence-electron chi connectivity index (χ2n) is 4.25. The van der Waals surface area contributed by atoms with Crippen molar-refractivity contribution in [3.63, 3.8) is 0 Å². The van der Waals surface area contributed by atoms with Gasteiger partial charge in [-0.25, -0.2) is 9.97 Å². The first-order valence-electron chi connectivity index (χ1n) is 6.01. The maximum Gasteiger partial charge on any atom is 0.142 e. The van der Waals surface area contributed by atoms with Gasteiger partial charge in [0.1, 0.15) is 5.01 Å². The lowest BCUT2D eigenvalue weighted by atomic mass is 10.1. The second kappa shape index (κ2) is 4.95. The van der Waals surface area contributed by atoms with Crippen LogP contribution in [0.1, 0.15) is 4.88 Å². The van der Waals surface area contributed by atoms with Crippen molar-refractivity contribution >= 4 is 11.3 Å². The summed E-state index contributed by atoms with van der Waals surface area (Å²) >= 11 is 1.63. The van der Waals surface area contributed by atoms with Gasteiger partial charge in [-0.3, -0.25) is 0 Å². The van der Waals surface area contributed by atoms with Gasteiger partial charge in [0, 0.05) is 24.0 Å². The minimum Gasteiger partial charge on any atom is -0.332 e. The molecule has 0 saturated heterocycles. The van der Waals surface area contributed by atoms with Gasteiger partial charge in [0.05, 0.1) is 23.9 Å². The first-order chi connectivity index (χ1) is 9.29. The molecule has 0 unspecified atom stereocenters. The summed E-state index contributed by atoms with van der Waals surface area (Å²) in [6.07, 6.45) is 3.61. The van der Waals surface area contributed by atoms with Crippen molar-refractivity contribution in [3.8, 4) is 22.0 Å². The molecule has 2 aromatic heterocycles. The molecule has 0 radical (unpaired) electrons. The number of aryl methyl sites for hydroxylation is 1. The number of imidazole rings is 1. The van der Waals surface area contributed by atoms with Crippen molar-refractivity contribution in [1.82, 2.24) is 14.5 Å². The van der Waals surface area contributed by atoms with Gasteiger partial charge in [-0.1, -0.05) is 30.3 Å². The molecule has 19 heavy (non-hydrogen) atoms. The van der Waals surface area contributed by atoms with E-state index in [1.54, 1.807) is 17.7 Å². The third-order valence-corrected chi connectivity index (χ3v) is 4.07. The monoisotopic (exact) mass is 270 g/mol. The van der Waals surface area contributed by atoms with Gasteiger partial charge in [-0.15, -0.1) is 11.3 Å². The molecule has 4 nitrogen and oxygen atoms in total. The fraction of sp³-hybridized carbons (Fsp3) is 0.143. The summed E-state index contributed by atoms with van der Waals surface area (Å²) in [5.74, 6) is 0. The molecular formula is C14H14N4S. The van der Waals surface area contributed by atoms with Crippen LogP contribution in [0.5, 0.6) is 0 Å². The molecule has 96 valence electrons. The molecule has 0 aliphatic rings. The van der Waals surface area contributed by atoms with Crippen LogP contribution in [-0.4, -0.2) is 14.5 Å². The summed E-state index contributed by atoms with van der Waals surface area (Å²) in [5.41, 5.74) is 8.94. The standard InChI is InChI=1S/C14H14N4S/c1-18-9-16-8-11(18)14-17-13(12(7-15)19-14)10-5-3-2-4-6-10/h2-6,8-9H,7,15H2,1H3. The van der Waals surface area contributed by atoms with Crippen LogP contribution in [0, 0.1) is 0 Å². The number of rotatable bonds is 3. The molecule has 3 rings (SSSR count). The number of nitrogens with zero attached hydrogens (tertiary/aromatic N) is 3. The lowest BCUT2D eigenvalue weighted by molar-refractivity contribution is 0.920. The first-order valence-corrected chi connectivity index (χ1v) is 6.83. The van der Waals surface area contributed by atoms with Gasteiger partial charge in [0.2, 0.25) is 0 Å². The third kappa shape index (κ3) is 2.18. The Morgan fingerprint density at radius 3 is 2.68 bits per heavy atom. The minimum absolute atomic E-state index is 0.500.